The van der Waals surface area contributed by atoms with Gasteiger partial charge in [-0.2, -0.15) is 0 Å². The van der Waals surface area contributed by atoms with Crippen molar-refractivity contribution in [1.82, 2.24) is 0 Å². The smallest absolute Gasteiger partial charge is 0.294 e. The van der Waals surface area contributed by atoms with E-state index in [1.165, 1.54) is 12.2 Å². The lowest BCUT2D eigenvalue weighted by molar-refractivity contribution is -0.938. The molecular formula is C10H13N3O6. The van der Waals surface area contributed by atoms with Gasteiger partial charge in [-0.25, -0.2) is 0 Å². The second kappa shape index (κ2) is 4.26. The van der Waals surface area contributed by atoms with Crippen LogP contribution in [0.1, 0.15) is 12.8 Å². The van der Waals surface area contributed by atoms with Crippen LogP contribution in [0.25, 0.3) is 0 Å². The SMILES string of the molecule is O=C([O-])C[NH+]1C[C@@]2([N+](=O)[O-])C=CC[C@@]([N+](=O)[O-])(C1)C2. The molecule has 0 amide bonds. The number of carboxylic acid groups (broad SMARTS) is 1. The Morgan fingerprint density at radius 1 is 1.26 bits per heavy atom. The zero-order valence-corrected chi connectivity index (χ0v) is 10.0. The number of quaternary nitrogens is 1. The van der Waals surface area contributed by atoms with Crippen LogP contribution in [0.2, 0.25) is 0 Å². The number of aliphatic carboxylic acids is 1. The lowest BCUT2D eigenvalue weighted by Crippen LogP contribution is -3.19. The van der Waals surface area contributed by atoms with Gasteiger partial charge in [0.15, 0.2) is 6.54 Å². The molecule has 0 saturated carbocycles. The summed E-state index contributed by atoms with van der Waals surface area (Å²) in [7, 11) is 0. The quantitative estimate of drug-likeness (QED) is 0.329. The minimum atomic E-state index is -1.55. The van der Waals surface area contributed by atoms with Gasteiger partial charge in [0.05, 0.1) is 5.97 Å². The number of likely N-dealkylation sites (tertiary alicyclic amines) is 1. The largest absolute Gasteiger partial charge is 0.544 e. The van der Waals surface area contributed by atoms with E-state index in [4.69, 9.17) is 0 Å². The van der Waals surface area contributed by atoms with Gasteiger partial charge in [0.2, 0.25) is 0 Å². The standard InChI is InChI=1S/C10H13N3O6/c14-8(15)4-11-6-9(12(16)17)2-1-3-10(5-9,7-11)13(18)19/h1-2H,3-7H2,(H,14,15)/t9-,10+/m1/s1. The maximum absolute atomic E-state index is 11.3. The number of hydrogen-bond donors (Lipinski definition) is 1. The van der Waals surface area contributed by atoms with Gasteiger partial charge in [0.1, 0.15) is 19.5 Å². The van der Waals surface area contributed by atoms with Crippen LogP contribution in [-0.4, -0.2) is 46.5 Å². The van der Waals surface area contributed by atoms with E-state index in [0.29, 0.717) is 4.90 Å². The molecule has 104 valence electrons. The fraction of sp³-hybridized carbons (Fsp3) is 0.700. The highest BCUT2D eigenvalue weighted by molar-refractivity contribution is 5.65. The number of rotatable bonds is 4. The number of hydrogen-bond acceptors (Lipinski definition) is 6. The predicted octanol–water partition coefficient (Wildman–Crippen LogP) is -2.98. The van der Waals surface area contributed by atoms with Gasteiger partial charge in [-0.15, -0.1) is 0 Å². The van der Waals surface area contributed by atoms with Crippen molar-refractivity contribution in [2.45, 2.75) is 23.9 Å². The number of fused-ring (bicyclic) bond motifs is 2. The molecule has 2 rings (SSSR count). The second-order valence-electron chi connectivity index (χ2n) is 5.28. The molecule has 1 N–H and O–H groups in total. The molecule has 0 aromatic rings. The van der Waals surface area contributed by atoms with Crippen molar-refractivity contribution >= 4 is 5.97 Å². The first kappa shape index (κ1) is 13.4. The highest BCUT2D eigenvalue weighted by atomic mass is 16.6. The maximum Gasteiger partial charge on any atom is 0.294 e. The number of piperidine rings is 1. The number of carbonyl (C=O) groups excluding carboxylic acids is 1. The first-order valence-electron chi connectivity index (χ1n) is 5.80. The van der Waals surface area contributed by atoms with Crippen LogP contribution in [0.3, 0.4) is 0 Å². The average Bonchev–Trinajstić information content (AvgIpc) is 2.27. The molecule has 1 unspecified atom stereocenters. The summed E-state index contributed by atoms with van der Waals surface area (Å²) in [5.74, 6) is -1.36. The Morgan fingerprint density at radius 3 is 2.47 bits per heavy atom. The Morgan fingerprint density at radius 2 is 1.95 bits per heavy atom. The number of carbonyl (C=O) groups is 1. The molecule has 1 heterocycles. The fourth-order valence-electron chi connectivity index (χ4n) is 3.14. The molecule has 9 nitrogen and oxygen atoms in total. The molecule has 3 atom stereocenters. The first-order valence-corrected chi connectivity index (χ1v) is 5.80. The molecule has 1 aliphatic heterocycles. The zero-order chi connectivity index (χ0) is 14.3. The third kappa shape index (κ3) is 2.16. The van der Waals surface area contributed by atoms with Gasteiger partial charge < -0.3 is 14.8 Å². The summed E-state index contributed by atoms with van der Waals surface area (Å²) in [6.45, 7) is -0.562. The molecule has 0 radical (unpaired) electrons. The van der Waals surface area contributed by atoms with Crippen molar-refractivity contribution in [2.24, 2.45) is 0 Å². The van der Waals surface area contributed by atoms with E-state index in [1.54, 1.807) is 0 Å². The molecule has 9 heteroatoms. The maximum atomic E-state index is 11.3. The van der Waals surface area contributed by atoms with Crippen molar-refractivity contribution < 1.29 is 24.6 Å². The molecule has 2 aliphatic rings. The fourth-order valence-corrected chi connectivity index (χ4v) is 3.14. The van der Waals surface area contributed by atoms with E-state index in [1.807, 2.05) is 0 Å². The van der Waals surface area contributed by atoms with Crippen molar-refractivity contribution in [3.05, 3.63) is 32.4 Å². The topological polar surface area (TPSA) is 131 Å². The number of carboxylic acids is 1. The summed E-state index contributed by atoms with van der Waals surface area (Å²) in [5.41, 5.74) is -3.00. The van der Waals surface area contributed by atoms with Gasteiger partial charge >= 0.3 is 0 Å². The molecule has 1 fully saturated rings. The summed E-state index contributed by atoms with van der Waals surface area (Å²) in [5, 5.41) is 33.1. The normalized spacial score (nSPS) is 36.7. The summed E-state index contributed by atoms with van der Waals surface area (Å²) in [6, 6.07) is 0. The molecule has 2 bridgehead atoms. The highest BCUT2D eigenvalue weighted by Gasteiger charge is 2.65. The van der Waals surface area contributed by atoms with Gasteiger partial charge in [-0.05, 0) is 6.08 Å². The Hall–Kier alpha value is -2.03. The number of nitrogens with one attached hydrogen (secondary N) is 1. The Kier molecular flexibility index (Phi) is 3.01. The Bertz CT molecular complexity index is 478. The van der Waals surface area contributed by atoms with E-state index < -0.39 is 33.4 Å². The minimum Gasteiger partial charge on any atom is -0.544 e. The zero-order valence-electron chi connectivity index (χ0n) is 10.0. The monoisotopic (exact) mass is 271 g/mol. The third-order valence-corrected chi connectivity index (χ3v) is 3.84. The minimum absolute atomic E-state index is 0.0338. The van der Waals surface area contributed by atoms with E-state index in [0.717, 1.165) is 0 Å². The van der Waals surface area contributed by atoms with Crippen LogP contribution >= 0.6 is 0 Å². The predicted molar refractivity (Wildman–Crippen MR) is 58.4 cm³/mol. The first-order chi connectivity index (χ1) is 8.80. The van der Waals surface area contributed by atoms with E-state index in [-0.39, 0.29) is 25.9 Å². The van der Waals surface area contributed by atoms with Crippen molar-refractivity contribution in [1.29, 1.82) is 0 Å². The van der Waals surface area contributed by atoms with Crippen LogP contribution in [0.5, 0.6) is 0 Å². The lowest BCUT2D eigenvalue weighted by Gasteiger charge is -2.41. The van der Waals surface area contributed by atoms with Crippen LogP contribution in [0, 0.1) is 20.2 Å². The third-order valence-electron chi connectivity index (χ3n) is 3.84. The summed E-state index contributed by atoms with van der Waals surface area (Å²) in [4.78, 5) is 32.4. The van der Waals surface area contributed by atoms with Crippen molar-refractivity contribution in [3.63, 3.8) is 0 Å². The molecular weight excluding hydrogens is 258 g/mol. The summed E-state index contributed by atoms with van der Waals surface area (Å²) >= 11 is 0. The van der Waals surface area contributed by atoms with Crippen molar-refractivity contribution in [2.75, 3.05) is 19.6 Å². The van der Waals surface area contributed by atoms with E-state index in [2.05, 4.69) is 0 Å². The van der Waals surface area contributed by atoms with Gasteiger partial charge in [0.25, 0.3) is 11.1 Å². The molecule has 19 heavy (non-hydrogen) atoms. The summed E-state index contributed by atoms with van der Waals surface area (Å²) < 4.78 is 0. The summed E-state index contributed by atoms with van der Waals surface area (Å²) in [6.07, 6.45) is 2.73. The Labute approximate surface area is 107 Å². The number of nitrogens with zero attached hydrogens (tertiary/aromatic N) is 2. The molecule has 0 aromatic carbocycles. The molecule has 0 aromatic heterocycles. The van der Waals surface area contributed by atoms with Gasteiger partial charge in [-0.3, -0.25) is 20.2 Å². The van der Waals surface area contributed by atoms with Crippen LogP contribution in [0.4, 0.5) is 0 Å². The number of nitro groups is 2. The molecule has 1 aliphatic carbocycles. The highest BCUT2D eigenvalue weighted by Crippen LogP contribution is 2.35. The van der Waals surface area contributed by atoms with E-state index in [9.17, 15) is 30.1 Å². The van der Waals surface area contributed by atoms with Crippen LogP contribution in [-0.2, 0) is 4.79 Å². The van der Waals surface area contributed by atoms with Gasteiger partial charge in [-0.1, -0.05) is 6.08 Å². The van der Waals surface area contributed by atoms with Gasteiger partial charge in [0, 0.05) is 16.3 Å². The van der Waals surface area contributed by atoms with Crippen molar-refractivity contribution in [3.8, 4) is 0 Å². The Balaban J connectivity index is 2.39. The van der Waals surface area contributed by atoms with Crippen LogP contribution < -0.4 is 10.0 Å². The average molecular weight is 271 g/mol. The molecule has 1 saturated heterocycles. The molecule has 0 spiro atoms. The van der Waals surface area contributed by atoms with E-state index >= 15 is 0 Å². The van der Waals surface area contributed by atoms with Crippen LogP contribution in [0.15, 0.2) is 12.2 Å². The second-order valence-corrected chi connectivity index (χ2v) is 5.28. The lowest BCUT2D eigenvalue weighted by atomic mass is 9.72.